The maximum absolute atomic E-state index is 13.9. The molecular weight excluding hydrogens is 444 g/mol. The molecule has 1 aromatic carbocycles. The van der Waals surface area contributed by atoms with Gasteiger partial charge in [0.15, 0.2) is 0 Å². The SMILES string of the molecule is CCOC(=O)N1CCN([C@@H](c2ccc(C)cc2)c2c(O)cc(C)n(Cc3cccnc3)c2=O)CC1. The Morgan fingerprint density at radius 2 is 1.83 bits per heavy atom. The molecule has 3 heterocycles. The molecule has 35 heavy (non-hydrogen) atoms. The Bertz CT molecular complexity index is 1220. The van der Waals surface area contributed by atoms with Crippen LogP contribution in [0.5, 0.6) is 5.75 Å². The summed E-state index contributed by atoms with van der Waals surface area (Å²) in [6.07, 6.45) is 3.12. The summed E-state index contributed by atoms with van der Waals surface area (Å²) in [6, 6.07) is 13.0. The van der Waals surface area contributed by atoms with Crippen molar-refractivity contribution < 1.29 is 14.6 Å². The summed E-state index contributed by atoms with van der Waals surface area (Å²) in [5.41, 5.74) is 3.72. The Labute approximate surface area is 205 Å². The van der Waals surface area contributed by atoms with Gasteiger partial charge >= 0.3 is 6.09 Å². The lowest BCUT2D eigenvalue weighted by Gasteiger charge is -2.39. The van der Waals surface area contributed by atoms with Crippen molar-refractivity contribution in [2.24, 2.45) is 0 Å². The van der Waals surface area contributed by atoms with E-state index in [2.05, 4.69) is 9.88 Å². The molecule has 0 unspecified atom stereocenters. The second-order valence-corrected chi connectivity index (χ2v) is 8.87. The van der Waals surface area contributed by atoms with Gasteiger partial charge in [-0.25, -0.2) is 4.79 Å². The number of benzene rings is 1. The number of aromatic nitrogens is 2. The highest BCUT2D eigenvalue weighted by molar-refractivity contribution is 5.67. The zero-order chi connectivity index (χ0) is 24.9. The maximum Gasteiger partial charge on any atom is 0.409 e. The van der Waals surface area contributed by atoms with E-state index in [-0.39, 0.29) is 17.4 Å². The lowest BCUT2D eigenvalue weighted by Crippen LogP contribution is -2.50. The van der Waals surface area contributed by atoms with Gasteiger partial charge in [0.05, 0.1) is 24.8 Å². The van der Waals surface area contributed by atoms with Crippen molar-refractivity contribution in [3.05, 3.63) is 93.2 Å². The number of amides is 1. The average molecular weight is 477 g/mol. The number of carbonyl (C=O) groups excluding carboxylic acids is 1. The quantitative estimate of drug-likeness (QED) is 0.586. The van der Waals surface area contributed by atoms with Crippen molar-refractivity contribution in [1.82, 2.24) is 19.4 Å². The molecular formula is C27H32N4O4. The van der Waals surface area contributed by atoms with Crippen LogP contribution in [-0.2, 0) is 11.3 Å². The Kier molecular flexibility index (Phi) is 7.51. The molecule has 0 radical (unpaired) electrons. The van der Waals surface area contributed by atoms with Crippen molar-refractivity contribution in [2.75, 3.05) is 32.8 Å². The number of rotatable bonds is 6. The number of aryl methyl sites for hydroxylation is 2. The summed E-state index contributed by atoms with van der Waals surface area (Å²) in [7, 11) is 0. The molecule has 4 rings (SSSR count). The molecule has 184 valence electrons. The van der Waals surface area contributed by atoms with Crippen LogP contribution in [0.15, 0.2) is 59.7 Å². The van der Waals surface area contributed by atoms with Gasteiger partial charge < -0.3 is 19.3 Å². The first-order chi connectivity index (χ1) is 16.9. The zero-order valence-electron chi connectivity index (χ0n) is 20.5. The van der Waals surface area contributed by atoms with Crippen LogP contribution in [0.3, 0.4) is 0 Å². The van der Waals surface area contributed by atoms with E-state index in [0.29, 0.717) is 50.6 Å². The van der Waals surface area contributed by atoms with Crippen LogP contribution in [0.1, 0.15) is 40.9 Å². The summed E-state index contributed by atoms with van der Waals surface area (Å²) < 4.78 is 6.84. The number of carbonyl (C=O) groups is 1. The lowest BCUT2D eigenvalue weighted by molar-refractivity contribution is 0.0709. The van der Waals surface area contributed by atoms with Gasteiger partial charge in [0.25, 0.3) is 5.56 Å². The van der Waals surface area contributed by atoms with Gasteiger partial charge in [-0.15, -0.1) is 0 Å². The van der Waals surface area contributed by atoms with Gasteiger partial charge in [0.1, 0.15) is 5.75 Å². The summed E-state index contributed by atoms with van der Waals surface area (Å²) >= 11 is 0. The van der Waals surface area contributed by atoms with Crippen LogP contribution in [0.4, 0.5) is 4.79 Å². The fraction of sp³-hybridized carbons (Fsp3) is 0.370. The smallest absolute Gasteiger partial charge is 0.409 e. The Hall–Kier alpha value is -3.65. The van der Waals surface area contributed by atoms with E-state index in [4.69, 9.17) is 4.74 Å². The normalized spacial score (nSPS) is 15.1. The number of hydrogen-bond acceptors (Lipinski definition) is 6. The largest absolute Gasteiger partial charge is 0.507 e. The number of hydrogen-bond donors (Lipinski definition) is 1. The molecule has 8 nitrogen and oxygen atoms in total. The highest BCUT2D eigenvalue weighted by atomic mass is 16.6. The molecule has 0 aliphatic carbocycles. The number of ether oxygens (including phenoxy) is 1. The molecule has 1 saturated heterocycles. The molecule has 3 aromatic rings. The van der Waals surface area contributed by atoms with Crippen molar-refractivity contribution in [3.8, 4) is 5.75 Å². The number of piperazine rings is 1. The third kappa shape index (κ3) is 5.38. The van der Waals surface area contributed by atoms with E-state index in [1.54, 1.807) is 34.9 Å². The molecule has 1 fully saturated rings. The molecule has 1 amide bonds. The van der Waals surface area contributed by atoms with E-state index in [0.717, 1.165) is 16.7 Å². The van der Waals surface area contributed by atoms with E-state index in [1.165, 1.54) is 0 Å². The van der Waals surface area contributed by atoms with Gasteiger partial charge in [-0.05, 0) is 44.0 Å². The Balaban J connectivity index is 1.74. The summed E-state index contributed by atoms with van der Waals surface area (Å²) in [5, 5.41) is 11.1. The Morgan fingerprint density at radius 3 is 2.46 bits per heavy atom. The monoisotopic (exact) mass is 476 g/mol. The number of pyridine rings is 2. The predicted octanol–water partition coefficient (Wildman–Crippen LogP) is 3.48. The van der Waals surface area contributed by atoms with Crippen LogP contribution in [0.2, 0.25) is 0 Å². The van der Waals surface area contributed by atoms with Crippen LogP contribution < -0.4 is 5.56 Å². The predicted molar refractivity (Wildman–Crippen MR) is 134 cm³/mol. The lowest BCUT2D eigenvalue weighted by atomic mass is 9.95. The van der Waals surface area contributed by atoms with Crippen molar-refractivity contribution >= 4 is 6.09 Å². The molecule has 0 bridgehead atoms. The molecule has 2 aromatic heterocycles. The van der Waals surface area contributed by atoms with Crippen molar-refractivity contribution in [1.29, 1.82) is 0 Å². The standard InChI is InChI=1S/C27H32N4O4/c1-4-35-27(34)30-14-12-29(13-15-30)25(22-9-7-19(2)8-10-22)24-23(32)16-20(3)31(26(24)33)18-21-6-5-11-28-17-21/h5-11,16-17,25,32H,4,12-15,18H2,1-3H3/t25-/m0/s1. The van der Waals surface area contributed by atoms with Crippen LogP contribution in [0, 0.1) is 13.8 Å². The fourth-order valence-corrected chi connectivity index (χ4v) is 4.58. The van der Waals surface area contributed by atoms with E-state index in [9.17, 15) is 14.7 Å². The van der Waals surface area contributed by atoms with Crippen LogP contribution in [-0.4, -0.2) is 63.3 Å². The first kappa shape index (κ1) is 24.5. The van der Waals surface area contributed by atoms with Crippen molar-refractivity contribution in [3.63, 3.8) is 0 Å². The van der Waals surface area contributed by atoms with E-state index < -0.39 is 6.04 Å². The van der Waals surface area contributed by atoms with Crippen LogP contribution in [0.25, 0.3) is 0 Å². The maximum atomic E-state index is 13.9. The fourth-order valence-electron chi connectivity index (χ4n) is 4.58. The van der Waals surface area contributed by atoms with Gasteiger partial charge in [-0.1, -0.05) is 35.9 Å². The second-order valence-electron chi connectivity index (χ2n) is 8.87. The molecule has 0 saturated carbocycles. The molecule has 1 aliphatic rings. The molecule has 0 spiro atoms. The minimum atomic E-state index is -0.451. The first-order valence-corrected chi connectivity index (χ1v) is 11.9. The molecule has 8 heteroatoms. The summed E-state index contributed by atoms with van der Waals surface area (Å²) in [5.74, 6) is -0.0201. The minimum Gasteiger partial charge on any atom is -0.507 e. The molecule has 1 aliphatic heterocycles. The minimum absolute atomic E-state index is 0.0201. The third-order valence-corrected chi connectivity index (χ3v) is 6.46. The highest BCUT2D eigenvalue weighted by Crippen LogP contribution is 2.33. The second kappa shape index (κ2) is 10.7. The first-order valence-electron chi connectivity index (χ1n) is 11.9. The molecule has 1 N–H and O–H groups in total. The van der Waals surface area contributed by atoms with E-state index >= 15 is 0 Å². The van der Waals surface area contributed by atoms with Gasteiger partial charge in [-0.2, -0.15) is 0 Å². The zero-order valence-corrected chi connectivity index (χ0v) is 20.5. The third-order valence-electron chi connectivity index (χ3n) is 6.46. The summed E-state index contributed by atoms with van der Waals surface area (Å²) in [6.45, 7) is 8.39. The highest BCUT2D eigenvalue weighted by Gasteiger charge is 2.32. The number of aromatic hydroxyl groups is 1. The van der Waals surface area contributed by atoms with E-state index in [1.807, 2.05) is 50.2 Å². The Morgan fingerprint density at radius 1 is 1.11 bits per heavy atom. The van der Waals surface area contributed by atoms with Crippen LogP contribution >= 0.6 is 0 Å². The summed E-state index contributed by atoms with van der Waals surface area (Å²) in [4.78, 5) is 34.1. The van der Waals surface area contributed by atoms with Crippen molar-refractivity contribution in [2.45, 2.75) is 33.4 Å². The molecule has 1 atom stereocenters. The van der Waals surface area contributed by atoms with Gasteiger partial charge in [-0.3, -0.25) is 14.7 Å². The number of nitrogens with zero attached hydrogens (tertiary/aromatic N) is 4. The topological polar surface area (TPSA) is 87.9 Å². The van der Waals surface area contributed by atoms with Gasteiger partial charge in [0, 0.05) is 44.3 Å². The average Bonchev–Trinajstić information content (AvgIpc) is 2.86. The van der Waals surface area contributed by atoms with Gasteiger partial charge in [0.2, 0.25) is 0 Å².